The highest BCUT2D eigenvalue weighted by molar-refractivity contribution is 5.95. The monoisotopic (exact) mass is 385 g/mol. The molecule has 8 heteroatoms. The fraction of sp³-hybridized carbons (Fsp3) is 0.190. The van der Waals surface area contributed by atoms with Gasteiger partial charge in [-0.15, -0.1) is 0 Å². The summed E-state index contributed by atoms with van der Waals surface area (Å²) in [5.74, 6) is 0.0784. The lowest BCUT2D eigenvalue weighted by Crippen LogP contribution is -2.25. The van der Waals surface area contributed by atoms with Gasteiger partial charge in [-0.05, 0) is 50.1 Å². The molecule has 4 aromatic heterocycles. The van der Waals surface area contributed by atoms with E-state index in [1.54, 1.807) is 24.5 Å². The van der Waals surface area contributed by atoms with Gasteiger partial charge >= 0.3 is 0 Å². The molecular formula is C21H19N7O. The summed E-state index contributed by atoms with van der Waals surface area (Å²) in [6.07, 6.45) is 5.46. The highest BCUT2D eigenvalue weighted by Gasteiger charge is 2.25. The zero-order valence-corrected chi connectivity index (χ0v) is 15.8. The summed E-state index contributed by atoms with van der Waals surface area (Å²) < 4.78 is 1.86. The SMILES string of the molecule is Cc1cccc(-c2nc3ccc(C(=O)NC4CC4)cn3c2-c2ccnc(N)n2)n1. The maximum Gasteiger partial charge on any atom is 0.252 e. The van der Waals surface area contributed by atoms with Crippen molar-refractivity contribution in [2.75, 3.05) is 5.73 Å². The van der Waals surface area contributed by atoms with Gasteiger partial charge < -0.3 is 11.1 Å². The normalized spacial score (nSPS) is 13.6. The zero-order chi connectivity index (χ0) is 20.0. The van der Waals surface area contributed by atoms with Gasteiger partial charge in [0.15, 0.2) is 0 Å². The van der Waals surface area contributed by atoms with Gasteiger partial charge in [-0.2, -0.15) is 0 Å². The first-order valence-corrected chi connectivity index (χ1v) is 9.44. The molecule has 3 N–H and O–H groups in total. The summed E-state index contributed by atoms with van der Waals surface area (Å²) in [7, 11) is 0. The van der Waals surface area contributed by atoms with Crippen molar-refractivity contribution in [3.63, 3.8) is 0 Å². The smallest absolute Gasteiger partial charge is 0.252 e. The van der Waals surface area contributed by atoms with E-state index in [1.165, 1.54) is 0 Å². The number of imidazole rings is 1. The summed E-state index contributed by atoms with van der Waals surface area (Å²) in [6, 6.07) is 11.4. The maximum absolute atomic E-state index is 12.6. The van der Waals surface area contributed by atoms with Crippen LogP contribution in [0.1, 0.15) is 28.9 Å². The van der Waals surface area contributed by atoms with E-state index in [4.69, 9.17) is 10.7 Å². The topological polar surface area (TPSA) is 111 Å². The summed E-state index contributed by atoms with van der Waals surface area (Å²) in [5.41, 5.74) is 10.7. The van der Waals surface area contributed by atoms with Crippen LogP contribution in [0.3, 0.4) is 0 Å². The van der Waals surface area contributed by atoms with Crippen molar-refractivity contribution in [1.82, 2.24) is 29.7 Å². The minimum atomic E-state index is -0.0912. The lowest BCUT2D eigenvalue weighted by atomic mass is 10.1. The molecule has 0 radical (unpaired) electrons. The number of hydrogen-bond donors (Lipinski definition) is 2. The third kappa shape index (κ3) is 3.29. The van der Waals surface area contributed by atoms with E-state index in [2.05, 4.69) is 20.3 Å². The minimum absolute atomic E-state index is 0.0912. The Balaban J connectivity index is 1.73. The van der Waals surface area contributed by atoms with Crippen molar-refractivity contribution in [1.29, 1.82) is 0 Å². The van der Waals surface area contributed by atoms with Crippen LogP contribution in [0.15, 0.2) is 48.8 Å². The van der Waals surface area contributed by atoms with Gasteiger partial charge in [-0.1, -0.05) is 6.07 Å². The van der Waals surface area contributed by atoms with Gasteiger partial charge in [0.2, 0.25) is 5.95 Å². The van der Waals surface area contributed by atoms with E-state index in [-0.39, 0.29) is 17.9 Å². The number of carbonyl (C=O) groups is 1. The van der Waals surface area contributed by atoms with Gasteiger partial charge in [0, 0.05) is 24.1 Å². The van der Waals surface area contributed by atoms with E-state index in [0.29, 0.717) is 28.3 Å². The van der Waals surface area contributed by atoms with Crippen molar-refractivity contribution in [2.45, 2.75) is 25.8 Å². The molecule has 0 unspecified atom stereocenters. The zero-order valence-electron chi connectivity index (χ0n) is 15.8. The van der Waals surface area contributed by atoms with Gasteiger partial charge in [0.1, 0.15) is 17.0 Å². The van der Waals surface area contributed by atoms with Crippen LogP contribution in [0.5, 0.6) is 0 Å². The Bertz CT molecular complexity index is 1240. The number of hydrogen-bond acceptors (Lipinski definition) is 6. The minimum Gasteiger partial charge on any atom is -0.368 e. The maximum atomic E-state index is 12.6. The van der Waals surface area contributed by atoms with Crippen molar-refractivity contribution < 1.29 is 4.79 Å². The Morgan fingerprint density at radius 1 is 1.10 bits per heavy atom. The molecule has 1 saturated carbocycles. The molecule has 1 fully saturated rings. The second-order valence-corrected chi connectivity index (χ2v) is 7.17. The van der Waals surface area contributed by atoms with Crippen molar-refractivity contribution in [3.8, 4) is 22.8 Å². The van der Waals surface area contributed by atoms with Gasteiger partial charge in [0.05, 0.1) is 17.0 Å². The Morgan fingerprint density at radius 3 is 2.72 bits per heavy atom. The molecule has 1 aliphatic carbocycles. The summed E-state index contributed by atoms with van der Waals surface area (Å²) in [4.78, 5) is 30.3. The number of nitrogens with one attached hydrogen (secondary N) is 1. The molecule has 8 nitrogen and oxygen atoms in total. The Labute approximate surface area is 166 Å². The molecule has 0 aliphatic heterocycles. The average Bonchev–Trinajstić information content (AvgIpc) is 3.44. The van der Waals surface area contributed by atoms with E-state index >= 15 is 0 Å². The molecule has 1 amide bonds. The predicted octanol–water partition coefficient (Wildman–Crippen LogP) is 2.64. The molecule has 0 bridgehead atoms. The predicted molar refractivity (Wildman–Crippen MR) is 109 cm³/mol. The third-order valence-electron chi connectivity index (χ3n) is 4.84. The summed E-state index contributed by atoms with van der Waals surface area (Å²) in [5, 5.41) is 3.02. The Morgan fingerprint density at radius 2 is 1.97 bits per heavy atom. The molecule has 0 saturated heterocycles. The lowest BCUT2D eigenvalue weighted by molar-refractivity contribution is 0.0950. The van der Waals surface area contributed by atoms with Gasteiger partial charge in [0.25, 0.3) is 5.91 Å². The van der Waals surface area contributed by atoms with Crippen LogP contribution in [-0.4, -0.2) is 36.3 Å². The van der Waals surface area contributed by atoms with E-state index < -0.39 is 0 Å². The number of nitrogens with two attached hydrogens (primary N) is 1. The van der Waals surface area contributed by atoms with E-state index in [1.807, 2.05) is 35.6 Å². The van der Waals surface area contributed by atoms with Crippen LogP contribution >= 0.6 is 0 Å². The van der Waals surface area contributed by atoms with Crippen molar-refractivity contribution in [3.05, 3.63) is 60.0 Å². The Hall–Kier alpha value is -3.81. The van der Waals surface area contributed by atoms with Crippen LogP contribution in [0.4, 0.5) is 5.95 Å². The van der Waals surface area contributed by atoms with E-state index in [9.17, 15) is 4.79 Å². The molecule has 144 valence electrons. The summed E-state index contributed by atoms with van der Waals surface area (Å²) >= 11 is 0. The lowest BCUT2D eigenvalue weighted by Gasteiger charge is -2.07. The molecule has 1 aliphatic rings. The number of aromatic nitrogens is 5. The molecule has 5 rings (SSSR count). The number of fused-ring (bicyclic) bond motifs is 1. The fourth-order valence-corrected chi connectivity index (χ4v) is 3.28. The first-order valence-electron chi connectivity index (χ1n) is 9.44. The number of nitrogen functional groups attached to an aromatic ring is 1. The standard InChI is InChI=1S/C21H19N7O/c1-12-3-2-4-15(24-12)18-19(16-9-10-23-21(22)26-16)28-11-13(5-8-17(28)27-18)20(29)25-14-6-7-14/h2-5,8-11,14H,6-7H2,1H3,(H,25,29)(H2,22,23,26). The second-order valence-electron chi connectivity index (χ2n) is 7.17. The molecule has 0 atom stereocenters. The first kappa shape index (κ1) is 17.3. The van der Waals surface area contributed by atoms with Crippen LogP contribution in [-0.2, 0) is 0 Å². The number of nitrogens with zero attached hydrogens (tertiary/aromatic N) is 5. The number of carbonyl (C=O) groups excluding carboxylic acids is 1. The highest BCUT2D eigenvalue weighted by atomic mass is 16.1. The molecule has 4 aromatic rings. The first-order chi connectivity index (χ1) is 14.1. The number of amides is 1. The van der Waals surface area contributed by atoms with Crippen LogP contribution in [0.25, 0.3) is 28.4 Å². The highest BCUT2D eigenvalue weighted by Crippen LogP contribution is 2.31. The number of rotatable bonds is 4. The van der Waals surface area contributed by atoms with Crippen molar-refractivity contribution >= 4 is 17.5 Å². The van der Waals surface area contributed by atoms with Crippen LogP contribution in [0, 0.1) is 6.92 Å². The fourth-order valence-electron chi connectivity index (χ4n) is 3.28. The number of anilines is 1. The summed E-state index contributed by atoms with van der Waals surface area (Å²) in [6.45, 7) is 1.93. The van der Waals surface area contributed by atoms with E-state index in [0.717, 1.165) is 24.2 Å². The van der Waals surface area contributed by atoms with Crippen molar-refractivity contribution in [2.24, 2.45) is 0 Å². The molecular weight excluding hydrogens is 366 g/mol. The number of pyridine rings is 2. The van der Waals surface area contributed by atoms with Crippen LogP contribution < -0.4 is 11.1 Å². The van der Waals surface area contributed by atoms with Crippen LogP contribution in [0.2, 0.25) is 0 Å². The molecule has 4 heterocycles. The third-order valence-corrected chi connectivity index (χ3v) is 4.84. The second kappa shape index (κ2) is 6.66. The molecule has 0 spiro atoms. The Kier molecular flexibility index (Phi) is 3.97. The largest absolute Gasteiger partial charge is 0.368 e. The number of aryl methyl sites for hydroxylation is 1. The van der Waals surface area contributed by atoms with Gasteiger partial charge in [-0.25, -0.2) is 15.0 Å². The quantitative estimate of drug-likeness (QED) is 0.559. The molecule has 29 heavy (non-hydrogen) atoms. The average molecular weight is 385 g/mol. The van der Waals surface area contributed by atoms with Gasteiger partial charge in [-0.3, -0.25) is 14.2 Å². The molecule has 0 aromatic carbocycles.